The van der Waals surface area contributed by atoms with Gasteiger partial charge in [0.05, 0.1) is 5.56 Å². The lowest BCUT2D eigenvalue weighted by Gasteiger charge is -2.34. The standard InChI is InChI=1S/C15H21F3N2O/c1-5-20(11(2)9-19(3)4)14-7-6-12(10-21)8-13(14)15(16,17)18/h6-8,10-11H,5,9H2,1-4H3. The van der Waals surface area contributed by atoms with Gasteiger partial charge in [0.1, 0.15) is 6.29 Å². The van der Waals surface area contributed by atoms with E-state index in [1.165, 1.54) is 12.1 Å². The maximum Gasteiger partial charge on any atom is 0.418 e. The molecule has 0 spiro atoms. The minimum Gasteiger partial charge on any atom is -0.367 e. The van der Waals surface area contributed by atoms with Crippen molar-refractivity contribution in [3.8, 4) is 0 Å². The summed E-state index contributed by atoms with van der Waals surface area (Å²) < 4.78 is 39.7. The normalized spacial score (nSPS) is 13.3. The molecule has 0 fully saturated rings. The third-order valence-electron chi connectivity index (χ3n) is 3.27. The molecular weight excluding hydrogens is 281 g/mol. The van der Waals surface area contributed by atoms with Crippen LogP contribution in [0.4, 0.5) is 18.9 Å². The molecule has 0 amide bonds. The molecule has 0 saturated carbocycles. The number of alkyl halides is 3. The lowest BCUT2D eigenvalue weighted by atomic mass is 10.1. The maximum atomic E-state index is 13.2. The van der Waals surface area contributed by atoms with Gasteiger partial charge in [-0.3, -0.25) is 4.79 Å². The van der Waals surface area contributed by atoms with Crippen LogP contribution in [-0.2, 0) is 6.18 Å². The minimum absolute atomic E-state index is 0.0300. The fourth-order valence-electron chi connectivity index (χ4n) is 2.45. The minimum atomic E-state index is -4.49. The lowest BCUT2D eigenvalue weighted by molar-refractivity contribution is -0.137. The van der Waals surface area contributed by atoms with E-state index in [0.717, 1.165) is 6.07 Å². The number of nitrogens with zero attached hydrogens (tertiary/aromatic N) is 2. The van der Waals surface area contributed by atoms with Crippen molar-refractivity contribution in [3.63, 3.8) is 0 Å². The first-order valence-electron chi connectivity index (χ1n) is 6.78. The van der Waals surface area contributed by atoms with Gasteiger partial charge in [-0.1, -0.05) is 0 Å². The molecule has 3 nitrogen and oxygen atoms in total. The molecule has 0 radical (unpaired) electrons. The van der Waals surface area contributed by atoms with Crippen molar-refractivity contribution in [3.05, 3.63) is 29.3 Å². The van der Waals surface area contributed by atoms with Gasteiger partial charge in [0.25, 0.3) is 0 Å². The average Bonchev–Trinajstić information content (AvgIpc) is 2.37. The highest BCUT2D eigenvalue weighted by molar-refractivity contribution is 5.77. The highest BCUT2D eigenvalue weighted by atomic mass is 19.4. The molecule has 0 heterocycles. The molecule has 0 aliphatic carbocycles. The van der Waals surface area contributed by atoms with Crippen molar-refractivity contribution in [2.75, 3.05) is 32.1 Å². The number of hydrogen-bond acceptors (Lipinski definition) is 3. The third kappa shape index (κ3) is 4.46. The first kappa shape index (κ1) is 17.5. The molecule has 0 aromatic heterocycles. The van der Waals surface area contributed by atoms with Gasteiger partial charge in [-0.25, -0.2) is 0 Å². The van der Waals surface area contributed by atoms with Crippen LogP contribution in [0.25, 0.3) is 0 Å². The first-order valence-corrected chi connectivity index (χ1v) is 6.78. The highest BCUT2D eigenvalue weighted by Crippen LogP contribution is 2.37. The zero-order valence-electron chi connectivity index (χ0n) is 12.7. The Balaban J connectivity index is 3.28. The average molecular weight is 302 g/mol. The van der Waals surface area contributed by atoms with Gasteiger partial charge >= 0.3 is 6.18 Å². The van der Waals surface area contributed by atoms with E-state index in [1.54, 1.807) is 4.90 Å². The molecule has 21 heavy (non-hydrogen) atoms. The number of hydrogen-bond donors (Lipinski definition) is 0. The van der Waals surface area contributed by atoms with Gasteiger partial charge in [0.15, 0.2) is 0 Å². The fourth-order valence-corrected chi connectivity index (χ4v) is 2.45. The number of benzene rings is 1. The summed E-state index contributed by atoms with van der Waals surface area (Å²) in [5.74, 6) is 0. The zero-order valence-corrected chi connectivity index (χ0v) is 12.7. The second-order valence-corrected chi connectivity index (χ2v) is 5.29. The van der Waals surface area contributed by atoms with Crippen molar-refractivity contribution < 1.29 is 18.0 Å². The molecule has 6 heteroatoms. The van der Waals surface area contributed by atoms with Crippen molar-refractivity contribution in [1.29, 1.82) is 0 Å². The maximum absolute atomic E-state index is 13.2. The van der Waals surface area contributed by atoms with E-state index in [1.807, 2.05) is 32.8 Å². The Hall–Kier alpha value is -1.56. The van der Waals surface area contributed by atoms with Crippen LogP contribution in [0, 0.1) is 0 Å². The number of anilines is 1. The van der Waals surface area contributed by atoms with Gasteiger partial charge in [0.2, 0.25) is 0 Å². The highest BCUT2D eigenvalue weighted by Gasteiger charge is 2.35. The number of carbonyl (C=O) groups excluding carboxylic acids is 1. The number of carbonyl (C=O) groups is 1. The van der Waals surface area contributed by atoms with Crippen LogP contribution in [-0.4, -0.2) is 44.4 Å². The SMILES string of the molecule is CCN(c1ccc(C=O)cc1C(F)(F)F)C(C)CN(C)C. The van der Waals surface area contributed by atoms with Crippen LogP contribution in [0.3, 0.4) is 0 Å². The second-order valence-electron chi connectivity index (χ2n) is 5.29. The molecular formula is C15H21F3N2O. The summed E-state index contributed by atoms with van der Waals surface area (Å²) >= 11 is 0. The fraction of sp³-hybridized carbons (Fsp3) is 0.533. The van der Waals surface area contributed by atoms with E-state index >= 15 is 0 Å². The topological polar surface area (TPSA) is 23.6 Å². The predicted molar refractivity (Wildman–Crippen MR) is 77.9 cm³/mol. The van der Waals surface area contributed by atoms with E-state index in [2.05, 4.69) is 0 Å². The summed E-state index contributed by atoms with van der Waals surface area (Å²) in [4.78, 5) is 14.4. The summed E-state index contributed by atoms with van der Waals surface area (Å²) in [6.07, 6.45) is -4.06. The smallest absolute Gasteiger partial charge is 0.367 e. The summed E-state index contributed by atoms with van der Waals surface area (Å²) in [6.45, 7) is 4.80. The third-order valence-corrected chi connectivity index (χ3v) is 3.27. The van der Waals surface area contributed by atoms with Crippen molar-refractivity contribution in [2.45, 2.75) is 26.1 Å². The van der Waals surface area contributed by atoms with Crippen LogP contribution in [0.5, 0.6) is 0 Å². The number of aldehydes is 1. The van der Waals surface area contributed by atoms with Gasteiger partial charge in [0, 0.05) is 30.4 Å². The molecule has 0 aliphatic heterocycles. The second kappa shape index (κ2) is 6.93. The van der Waals surface area contributed by atoms with E-state index in [-0.39, 0.29) is 17.3 Å². The Morgan fingerprint density at radius 3 is 2.33 bits per heavy atom. The van der Waals surface area contributed by atoms with Gasteiger partial charge in [-0.15, -0.1) is 0 Å². The van der Waals surface area contributed by atoms with Gasteiger partial charge in [-0.2, -0.15) is 13.2 Å². The number of halogens is 3. The Morgan fingerprint density at radius 2 is 1.90 bits per heavy atom. The Morgan fingerprint density at radius 1 is 1.29 bits per heavy atom. The molecule has 1 aromatic rings. The molecule has 0 N–H and O–H groups in total. The Bertz CT molecular complexity index is 486. The van der Waals surface area contributed by atoms with Crippen LogP contribution in [0.1, 0.15) is 29.8 Å². The molecule has 0 aliphatic rings. The van der Waals surface area contributed by atoms with E-state index in [4.69, 9.17) is 0 Å². The van der Waals surface area contributed by atoms with Crippen LogP contribution in [0.15, 0.2) is 18.2 Å². The molecule has 1 rings (SSSR count). The van der Waals surface area contributed by atoms with Gasteiger partial charge in [-0.05, 0) is 46.1 Å². The monoisotopic (exact) mass is 302 g/mol. The van der Waals surface area contributed by atoms with Crippen molar-refractivity contribution in [1.82, 2.24) is 4.90 Å². The number of likely N-dealkylation sites (N-methyl/N-ethyl adjacent to an activating group) is 2. The summed E-state index contributed by atoms with van der Waals surface area (Å²) in [6, 6.07) is 3.63. The van der Waals surface area contributed by atoms with Crippen LogP contribution < -0.4 is 4.90 Å². The zero-order chi connectivity index (χ0) is 16.2. The quantitative estimate of drug-likeness (QED) is 0.753. The number of rotatable bonds is 6. The summed E-state index contributed by atoms with van der Waals surface area (Å²) in [7, 11) is 3.76. The van der Waals surface area contributed by atoms with Crippen molar-refractivity contribution in [2.24, 2.45) is 0 Å². The van der Waals surface area contributed by atoms with Crippen molar-refractivity contribution >= 4 is 12.0 Å². The largest absolute Gasteiger partial charge is 0.418 e. The predicted octanol–water partition coefficient (Wildman–Crippen LogP) is 3.29. The van der Waals surface area contributed by atoms with Crippen LogP contribution in [0.2, 0.25) is 0 Å². The molecule has 0 saturated heterocycles. The first-order chi connectivity index (χ1) is 9.70. The molecule has 0 bridgehead atoms. The Kier molecular flexibility index (Phi) is 5.78. The Labute approximate surface area is 123 Å². The molecule has 118 valence electrons. The van der Waals surface area contributed by atoms with E-state index in [0.29, 0.717) is 19.4 Å². The van der Waals surface area contributed by atoms with E-state index in [9.17, 15) is 18.0 Å². The van der Waals surface area contributed by atoms with Crippen LogP contribution >= 0.6 is 0 Å². The molecule has 1 unspecified atom stereocenters. The summed E-state index contributed by atoms with van der Waals surface area (Å²) in [5, 5.41) is 0. The van der Waals surface area contributed by atoms with E-state index < -0.39 is 11.7 Å². The summed E-state index contributed by atoms with van der Waals surface area (Å²) in [5.41, 5.74) is -0.619. The van der Waals surface area contributed by atoms with Gasteiger partial charge < -0.3 is 9.80 Å². The lowest BCUT2D eigenvalue weighted by Crippen LogP contribution is -2.41. The molecule has 1 aromatic carbocycles. The molecule has 1 atom stereocenters.